The molecule has 1 rings (SSSR count). The molecule has 0 aromatic heterocycles. The molecule has 4 nitrogen and oxygen atoms in total. The summed E-state index contributed by atoms with van der Waals surface area (Å²) >= 11 is 0. The van der Waals surface area contributed by atoms with Crippen LogP contribution in [0, 0.1) is 5.92 Å². The summed E-state index contributed by atoms with van der Waals surface area (Å²) in [5, 5.41) is 3.89. The predicted octanol–water partition coefficient (Wildman–Crippen LogP) is 2.69. The van der Waals surface area contributed by atoms with E-state index >= 15 is 0 Å². The fourth-order valence-electron chi connectivity index (χ4n) is 1.60. The predicted molar refractivity (Wildman–Crippen MR) is 59.8 cm³/mol. The second kappa shape index (κ2) is 5.14. The lowest BCUT2D eigenvalue weighted by Gasteiger charge is -2.18. The second-order valence-corrected chi connectivity index (χ2v) is 4.94. The van der Waals surface area contributed by atoms with Crippen LogP contribution in [0.3, 0.4) is 0 Å². The van der Waals surface area contributed by atoms with E-state index in [1.54, 1.807) is 0 Å². The summed E-state index contributed by atoms with van der Waals surface area (Å²) in [5.74, 6) is 0.528. The molecule has 1 saturated carbocycles. The Morgan fingerprint density at radius 3 is 2.53 bits per heavy atom. The summed E-state index contributed by atoms with van der Waals surface area (Å²) in [7, 11) is 0. The van der Waals surface area contributed by atoms with E-state index < -0.39 is 11.7 Å². The third-order valence-corrected chi connectivity index (χ3v) is 2.24. The van der Waals surface area contributed by atoms with Crippen molar-refractivity contribution in [3.05, 3.63) is 0 Å². The summed E-state index contributed by atoms with van der Waals surface area (Å²) in [6, 6.07) is 0. The molecule has 1 amide bonds. The lowest BCUT2D eigenvalue weighted by atomic mass is 10.1. The van der Waals surface area contributed by atoms with E-state index in [1.807, 2.05) is 27.0 Å². The third kappa shape index (κ3) is 5.40. The first-order valence-electron chi connectivity index (χ1n) is 5.49. The number of rotatable bonds is 2. The molecule has 0 bridgehead atoms. The van der Waals surface area contributed by atoms with Gasteiger partial charge in [-0.1, -0.05) is 12.8 Å². The molecular formula is C11H20N2O2. The molecule has 0 unspecified atom stereocenters. The van der Waals surface area contributed by atoms with Gasteiger partial charge < -0.3 is 4.74 Å². The number of ether oxygens (including phenoxy) is 1. The van der Waals surface area contributed by atoms with Crippen molar-refractivity contribution in [2.45, 2.75) is 52.1 Å². The van der Waals surface area contributed by atoms with Crippen molar-refractivity contribution < 1.29 is 9.53 Å². The lowest BCUT2D eigenvalue weighted by molar-refractivity contribution is 0.0529. The van der Waals surface area contributed by atoms with Gasteiger partial charge in [-0.15, -0.1) is 0 Å². The summed E-state index contributed by atoms with van der Waals surface area (Å²) in [5.41, 5.74) is 1.91. The number of amides is 1. The minimum Gasteiger partial charge on any atom is -0.443 e. The Morgan fingerprint density at radius 2 is 2.00 bits per heavy atom. The maximum absolute atomic E-state index is 11.2. The largest absolute Gasteiger partial charge is 0.443 e. The molecule has 1 aliphatic carbocycles. The Hall–Kier alpha value is -1.06. The van der Waals surface area contributed by atoms with Crippen LogP contribution in [0.25, 0.3) is 0 Å². The fourth-order valence-corrected chi connectivity index (χ4v) is 1.60. The minimum atomic E-state index is -0.489. The van der Waals surface area contributed by atoms with Crippen molar-refractivity contribution in [3.8, 4) is 0 Å². The molecule has 0 aromatic carbocycles. The first-order chi connectivity index (χ1) is 6.97. The van der Waals surface area contributed by atoms with E-state index in [0.29, 0.717) is 5.92 Å². The maximum atomic E-state index is 11.2. The standard InChI is InChI=1S/C11H20N2O2/c1-11(2,3)15-10(14)13-12-8-9-6-4-5-7-9/h8-9H,4-7H2,1-3H3,(H,13,14)/b12-8+. The quantitative estimate of drug-likeness (QED) is 0.565. The number of nitrogens with zero attached hydrogens (tertiary/aromatic N) is 1. The van der Waals surface area contributed by atoms with Gasteiger partial charge >= 0.3 is 6.09 Å². The van der Waals surface area contributed by atoms with E-state index in [-0.39, 0.29) is 0 Å². The average Bonchev–Trinajstić information content (AvgIpc) is 2.53. The number of hydrogen-bond donors (Lipinski definition) is 1. The van der Waals surface area contributed by atoms with Gasteiger partial charge in [-0.3, -0.25) is 0 Å². The molecule has 1 N–H and O–H groups in total. The molecule has 0 aromatic rings. The number of carbonyl (C=O) groups excluding carboxylic acids is 1. The van der Waals surface area contributed by atoms with Gasteiger partial charge in [0.1, 0.15) is 5.60 Å². The number of hydrogen-bond acceptors (Lipinski definition) is 3. The Labute approximate surface area is 91.1 Å². The van der Waals surface area contributed by atoms with Crippen LogP contribution >= 0.6 is 0 Å². The summed E-state index contributed by atoms with van der Waals surface area (Å²) in [4.78, 5) is 11.2. The highest BCUT2D eigenvalue weighted by Gasteiger charge is 2.16. The van der Waals surface area contributed by atoms with Gasteiger partial charge in [-0.05, 0) is 39.5 Å². The SMILES string of the molecule is CC(C)(C)OC(=O)N/N=C/C1CCCC1. The summed E-state index contributed by atoms with van der Waals surface area (Å²) in [6.45, 7) is 5.48. The molecule has 0 heterocycles. The molecule has 86 valence electrons. The van der Waals surface area contributed by atoms with Gasteiger partial charge in [-0.25, -0.2) is 10.2 Å². The van der Waals surface area contributed by atoms with Crippen LogP contribution in [0.1, 0.15) is 46.5 Å². The van der Waals surface area contributed by atoms with Crippen LogP contribution in [0.2, 0.25) is 0 Å². The van der Waals surface area contributed by atoms with E-state index in [0.717, 1.165) is 0 Å². The molecule has 1 aliphatic rings. The number of hydrazone groups is 1. The molecule has 0 radical (unpaired) electrons. The summed E-state index contributed by atoms with van der Waals surface area (Å²) < 4.78 is 5.04. The topological polar surface area (TPSA) is 50.7 Å². The zero-order valence-electron chi connectivity index (χ0n) is 9.75. The van der Waals surface area contributed by atoms with Crippen LogP contribution in [-0.2, 0) is 4.74 Å². The van der Waals surface area contributed by atoms with E-state index in [1.165, 1.54) is 25.7 Å². The Balaban J connectivity index is 2.21. The maximum Gasteiger partial charge on any atom is 0.428 e. The number of carbonyl (C=O) groups is 1. The van der Waals surface area contributed by atoms with Crippen LogP contribution in [0.5, 0.6) is 0 Å². The first kappa shape index (κ1) is 12.0. The van der Waals surface area contributed by atoms with Gasteiger partial charge in [0.2, 0.25) is 0 Å². The molecule has 0 aliphatic heterocycles. The lowest BCUT2D eigenvalue weighted by Crippen LogP contribution is -2.30. The highest BCUT2D eigenvalue weighted by molar-refractivity contribution is 5.70. The minimum absolute atomic E-state index is 0.465. The monoisotopic (exact) mass is 212 g/mol. The smallest absolute Gasteiger partial charge is 0.428 e. The molecule has 4 heteroatoms. The van der Waals surface area contributed by atoms with Crippen molar-refractivity contribution in [2.75, 3.05) is 0 Å². The third-order valence-electron chi connectivity index (χ3n) is 2.24. The molecule has 0 spiro atoms. The number of nitrogens with one attached hydrogen (secondary N) is 1. The molecule has 0 atom stereocenters. The molecular weight excluding hydrogens is 192 g/mol. The van der Waals surface area contributed by atoms with Gasteiger partial charge in [0, 0.05) is 6.21 Å². The van der Waals surface area contributed by atoms with E-state index in [9.17, 15) is 4.79 Å². The van der Waals surface area contributed by atoms with Crippen LogP contribution in [0.4, 0.5) is 4.79 Å². The van der Waals surface area contributed by atoms with Gasteiger partial charge in [0.15, 0.2) is 0 Å². The van der Waals surface area contributed by atoms with Crippen molar-refractivity contribution in [3.63, 3.8) is 0 Å². The highest BCUT2D eigenvalue weighted by atomic mass is 16.6. The van der Waals surface area contributed by atoms with Crippen LogP contribution in [-0.4, -0.2) is 17.9 Å². The molecule has 1 fully saturated rings. The van der Waals surface area contributed by atoms with Crippen LogP contribution in [0.15, 0.2) is 5.10 Å². The van der Waals surface area contributed by atoms with Gasteiger partial charge in [-0.2, -0.15) is 5.10 Å². The van der Waals surface area contributed by atoms with Crippen LogP contribution < -0.4 is 5.43 Å². The zero-order chi connectivity index (χ0) is 11.3. The fraction of sp³-hybridized carbons (Fsp3) is 0.818. The van der Waals surface area contributed by atoms with Crippen molar-refractivity contribution in [2.24, 2.45) is 11.0 Å². The Morgan fingerprint density at radius 1 is 1.40 bits per heavy atom. The molecule has 0 saturated heterocycles. The zero-order valence-corrected chi connectivity index (χ0v) is 9.75. The van der Waals surface area contributed by atoms with Crippen molar-refractivity contribution in [1.29, 1.82) is 0 Å². The first-order valence-corrected chi connectivity index (χ1v) is 5.49. The van der Waals surface area contributed by atoms with Crippen molar-refractivity contribution in [1.82, 2.24) is 5.43 Å². The Bertz CT molecular complexity index is 237. The molecule has 15 heavy (non-hydrogen) atoms. The average molecular weight is 212 g/mol. The normalized spacial score (nSPS) is 18.3. The van der Waals surface area contributed by atoms with E-state index in [2.05, 4.69) is 10.5 Å². The second-order valence-electron chi connectivity index (χ2n) is 4.94. The summed E-state index contributed by atoms with van der Waals surface area (Å²) in [6.07, 6.45) is 6.22. The Kier molecular flexibility index (Phi) is 4.12. The van der Waals surface area contributed by atoms with Gasteiger partial charge in [0.05, 0.1) is 0 Å². The van der Waals surface area contributed by atoms with Gasteiger partial charge in [0.25, 0.3) is 0 Å². The van der Waals surface area contributed by atoms with Crippen molar-refractivity contribution >= 4 is 12.3 Å². The van der Waals surface area contributed by atoms with E-state index in [4.69, 9.17) is 4.74 Å². The highest BCUT2D eigenvalue weighted by Crippen LogP contribution is 2.22.